The first kappa shape index (κ1) is 19.8. The maximum atomic E-state index is 12.9. The van der Waals surface area contributed by atoms with Crippen LogP contribution in [0.3, 0.4) is 0 Å². The third kappa shape index (κ3) is 5.12. The number of hydrogen-bond acceptors (Lipinski definition) is 4. The Hall–Kier alpha value is -3.46. The molecule has 0 atom stereocenters. The van der Waals surface area contributed by atoms with Crippen LogP contribution in [-0.4, -0.2) is 25.5 Å². The summed E-state index contributed by atoms with van der Waals surface area (Å²) in [5.41, 5.74) is 1.93. The Labute approximate surface area is 180 Å². The van der Waals surface area contributed by atoms with Gasteiger partial charge in [0, 0.05) is 18.1 Å². The standard InChI is InChI=1S/C21H17BrFN5O2/c22-16-11-24-28(13-16)12-15-2-1-3-18(10-15)25-21(29)20-8-9-27(26-20)14-30-19-6-4-17(23)5-7-19/h1-11,13H,12,14H2,(H,25,29). The van der Waals surface area contributed by atoms with Gasteiger partial charge in [0.05, 0.1) is 17.2 Å². The molecule has 2 heterocycles. The summed E-state index contributed by atoms with van der Waals surface area (Å²) in [6, 6.07) is 14.8. The molecule has 4 rings (SSSR count). The first-order valence-electron chi connectivity index (χ1n) is 9.05. The van der Waals surface area contributed by atoms with E-state index in [4.69, 9.17) is 4.74 Å². The predicted octanol–water partition coefficient (Wildman–Crippen LogP) is 4.32. The molecule has 0 unspecified atom stereocenters. The van der Waals surface area contributed by atoms with Crippen LogP contribution in [0.15, 0.2) is 77.7 Å². The van der Waals surface area contributed by atoms with Gasteiger partial charge in [-0.3, -0.25) is 9.48 Å². The number of hydrogen-bond donors (Lipinski definition) is 1. The number of carbonyl (C=O) groups is 1. The summed E-state index contributed by atoms with van der Waals surface area (Å²) in [6.45, 7) is 0.693. The van der Waals surface area contributed by atoms with Crippen molar-refractivity contribution in [1.29, 1.82) is 0 Å². The Bertz CT molecular complexity index is 1160. The van der Waals surface area contributed by atoms with Gasteiger partial charge in [-0.2, -0.15) is 10.2 Å². The highest BCUT2D eigenvalue weighted by Crippen LogP contribution is 2.15. The highest BCUT2D eigenvalue weighted by Gasteiger charge is 2.11. The molecule has 0 fully saturated rings. The summed E-state index contributed by atoms with van der Waals surface area (Å²) < 4.78 is 22.7. The van der Waals surface area contributed by atoms with E-state index in [1.807, 2.05) is 30.5 Å². The highest BCUT2D eigenvalue weighted by molar-refractivity contribution is 9.10. The number of nitrogens with one attached hydrogen (secondary N) is 1. The van der Waals surface area contributed by atoms with Crippen molar-refractivity contribution in [2.24, 2.45) is 0 Å². The molecule has 2 aromatic heterocycles. The molecule has 0 radical (unpaired) electrons. The zero-order chi connectivity index (χ0) is 20.9. The van der Waals surface area contributed by atoms with E-state index in [2.05, 4.69) is 31.4 Å². The Morgan fingerprint density at radius 3 is 2.73 bits per heavy atom. The smallest absolute Gasteiger partial charge is 0.276 e. The van der Waals surface area contributed by atoms with Crippen LogP contribution in [0.4, 0.5) is 10.1 Å². The van der Waals surface area contributed by atoms with Gasteiger partial charge in [0.1, 0.15) is 11.6 Å². The Morgan fingerprint density at radius 1 is 1.13 bits per heavy atom. The Morgan fingerprint density at radius 2 is 1.97 bits per heavy atom. The molecule has 1 N–H and O–H groups in total. The summed E-state index contributed by atoms with van der Waals surface area (Å²) in [5, 5.41) is 11.3. The van der Waals surface area contributed by atoms with E-state index in [1.165, 1.54) is 28.9 Å². The first-order valence-corrected chi connectivity index (χ1v) is 9.84. The molecule has 7 nitrogen and oxygen atoms in total. The molecule has 4 aromatic rings. The van der Waals surface area contributed by atoms with Crippen molar-refractivity contribution >= 4 is 27.5 Å². The van der Waals surface area contributed by atoms with E-state index in [0.29, 0.717) is 18.0 Å². The first-order chi connectivity index (χ1) is 14.5. The molecule has 0 aliphatic rings. The zero-order valence-electron chi connectivity index (χ0n) is 15.7. The van der Waals surface area contributed by atoms with E-state index in [1.54, 1.807) is 23.1 Å². The van der Waals surface area contributed by atoms with Crippen LogP contribution in [0.2, 0.25) is 0 Å². The number of benzene rings is 2. The fourth-order valence-electron chi connectivity index (χ4n) is 2.78. The lowest BCUT2D eigenvalue weighted by atomic mass is 10.2. The summed E-state index contributed by atoms with van der Waals surface area (Å²) in [5.74, 6) is -0.143. The lowest BCUT2D eigenvalue weighted by molar-refractivity contribution is 0.102. The summed E-state index contributed by atoms with van der Waals surface area (Å²) in [4.78, 5) is 12.5. The monoisotopic (exact) mass is 469 g/mol. The second-order valence-corrected chi connectivity index (χ2v) is 7.39. The number of amides is 1. The van der Waals surface area contributed by atoms with Crippen LogP contribution < -0.4 is 10.1 Å². The summed E-state index contributed by atoms with van der Waals surface area (Å²) in [6.07, 6.45) is 5.25. The van der Waals surface area contributed by atoms with Gasteiger partial charge in [0.25, 0.3) is 5.91 Å². The van der Waals surface area contributed by atoms with E-state index >= 15 is 0 Å². The lowest BCUT2D eigenvalue weighted by Gasteiger charge is -2.07. The van der Waals surface area contributed by atoms with Crippen molar-refractivity contribution < 1.29 is 13.9 Å². The van der Waals surface area contributed by atoms with Crippen molar-refractivity contribution in [1.82, 2.24) is 19.6 Å². The van der Waals surface area contributed by atoms with Gasteiger partial charge in [0.15, 0.2) is 12.4 Å². The van der Waals surface area contributed by atoms with Crippen LogP contribution >= 0.6 is 15.9 Å². The molecule has 0 bridgehead atoms. The maximum absolute atomic E-state index is 12.9. The van der Waals surface area contributed by atoms with Gasteiger partial charge in [-0.15, -0.1) is 0 Å². The topological polar surface area (TPSA) is 74.0 Å². The van der Waals surface area contributed by atoms with E-state index in [9.17, 15) is 9.18 Å². The fraction of sp³-hybridized carbons (Fsp3) is 0.0952. The number of anilines is 1. The highest BCUT2D eigenvalue weighted by atomic mass is 79.9. The number of halogens is 2. The molecule has 1 amide bonds. The van der Waals surface area contributed by atoms with Gasteiger partial charge in [0.2, 0.25) is 0 Å². The molecule has 0 aliphatic carbocycles. The largest absolute Gasteiger partial charge is 0.471 e. The average molecular weight is 470 g/mol. The van der Waals surface area contributed by atoms with Crippen LogP contribution in [0, 0.1) is 5.82 Å². The van der Waals surface area contributed by atoms with Crippen molar-refractivity contribution in [2.45, 2.75) is 13.3 Å². The second kappa shape index (κ2) is 8.91. The quantitative estimate of drug-likeness (QED) is 0.437. The number of nitrogens with zero attached hydrogens (tertiary/aromatic N) is 4. The number of ether oxygens (including phenoxy) is 1. The van der Waals surface area contributed by atoms with Crippen molar-refractivity contribution in [3.05, 3.63) is 94.7 Å². The van der Waals surface area contributed by atoms with Crippen LogP contribution in [0.1, 0.15) is 16.1 Å². The lowest BCUT2D eigenvalue weighted by Crippen LogP contribution is -2.14. The minimum atomic E-state index is -0.332. The molecule has 2 aromatic carbocycles. The van der Waals surface area contributed by atoms with Gasteiger partial charge < -0.3 is 10.1 Å². The Balaban J connectivity index is 1.36. The Kier molecular flexibility index (Phi) is 5.89. The third-order valence-electron chi connectivity index (χ3n) is 4.18. The van der Waals surface area contributed by atoms with E-state index in [-0.39, 0.29) is 24.1 Å². The van der Waals surface area contributed by atoms with Crippen LogP contribution in [0.5, 0.6) is 5.75 Å². The average Bonchev–Trinajstić information content (AvgIpc) is 3.37. The number of aromatic nitrogens is 4. The van der Waals surface area contributed by atoms with E-state index < -0.39 is 0 Å². The van der Waals surface area contributed by atoms with Crippen LogP contribution in [-0.2, 0) is 13.3 Å². The third-order valence-corrected chi connectivity index (χ3v) is 4.59. The zero-order valence-corrected chi connectivity index (χ0v) is 17.3. The molecule has 9 heteroatoms. The summed E-state index contributed by atoms with van der Waals surface area (Å²) in [7, 11) is 0. The molecule has 0 aliphatic heterocycles. The number of carbonyl (C=O) groups excluding carboxylic acids is 1. The minimum absolute atomic E-state index is 0.105. The van der Waals surface area contributed by atoms with Crippen molar-refractivity contribution in [2.75, 3.05) is 5.32 Å². The number of rotatable bonds is 7. The van der Waals surface area contributed by atoms with E-state index in [0.717, 1.165) is 10.0 Å². The molecule has 0 saturated carbocycles. The molecule has 0 spiro atoms. The van der Waals surface area contributed by atoms with Crippen LogP contribution in [0.25, 0.3) is 0 Å². The molecule has 152 valence electrons. The van der Waals surface area contributed by atoms with Gasteiger partial charge in [-0.05, 0) is 64.0 Å². The second-order valence-electron chi connectivity index (χ2n) is 6.48. The minimum Gasteiger partial charge on any atom is -0.471 e. The molecular formula is C21H17BrFN5O2. The maximum Gasteiger partial charge on any atom is 0.276 e. The SMILES string of the molecule is O=C(Nc1cccc(Cn2cc(Br)cn2)c1)c1ccn(COc2ccc(F)cc2)n1. The van der Waals surface area contributed by atoms with Gasteiger partial charge in [-0.25, -0.2) is 9.07 Å². The summed E-state index contributed by atoms with van der Waals surface area (Å²) >= 11 is 3.37. The van der Waals surface area contributed by atoms with Gasteiger partial charge in [-0.1, -0.05) is 12.1 Å². The predicted molar refractivity (Wildman–Crippen MR) is 113 cm³/mol. The normalized spacial score (nSPS) is 10.7. The van der Waals surface area contributed by atoms with Crippen molar-refractivity contribution in [3.8, 4) is 5.75 Å². The fourth-order valence-corrected chi connectivity index (χ4v) is 3.11. The molecular weight excluding hydrogens is 453 g/mol. The van der Waals surface area contributed by atoms with Gasteiger partial charge >= 0.3 is 0 Å². The molecule has 30 heavy (non-hydrogen) atoms. The van der Waals surface area contributed by atoms with Crippen molar-refractivity contribution in [3.63, 3.8) is 0 Å². The molecule has 0 saturated heterocycles.